The monoisotopic (exact) mass is 417 g/mol. The quantitative estimate of drug-likeness (QED) is 0.697. The van der Waals surface area contributed by atoms with Crippen LogP contribution in [0.3, 0.4) is 0 Å². The molecule has 2 aliphatic heterocycles. The van der Waals surface area contributed by atoms with E-state index >= 15 is 0 Å². The van der Waals surface area contributed by atoms with Crippen molar-refractivity contribution in [2.24, 2.45) is 0 Å². The molecule has 6 heteroatoms. The Kier molecular flexibility index (Phi) is 5.02. The van der Waals surface area contributed by atoms with Gasteiger partial charge in [0.2, 0.25) is 0 Å². The summed E-state index contributed by atoms with van der Waals surface area (Å²) in [7, 11) is 1.70. The molecule has 1 N–H and O–H groups in total. The third-order valence-electron chi connectivity index (χ3n) is 6.55. The van der Waals surface area contributed by atoms with Gasteiger partial charge in [-0.1, -0.05) is 36.4 Å². The molecule has 2 aliphatic rings. The standard InChI is InChI=1S/C25H27N3O3/c1-17-22(27-23(26-17)18-6-4-3-5-7-18)24(29)28-13-11-25(12-14-28)21-9-8-20(30-2)16-19(21)10-15-31-25/h3-9,16H,10-15H2,1-2H3,(H,26,27). The molecule has 1 spiro atoms. The highest BCUT2D eigenvalue weighted by Gasteiger charge is 2.42. The van der Waals surface area contributed by atoms with E-state index in [1.165, 1.54) is 11.1 Å². The molecule has 2 aromatic carbocycles. The summed E-state index contributed by atoms with van der Waals surface area (Å²) in [4.78, 5) is 23.0. The fraction of sp³-hybridized carbons (Fsp3) is 0.360. The topological polar surface area (TPSA) is 67.5 Å². The Hall–Kier alpha value is -3.12. The number of fused-ring (bicyclic) bond motifs is 2. The predicted octanol–water partition coefficient (Wildman–Crippen LogP) is 4.10. The number of ether oxygens (including phenoxy) is 2. The number of methoxy groups -OCH3 is 1. The summed E-state index contributed by atoms with van der Waals surface area (Å²) < 4.78 is 11.7. The number of amides is 1. The lowest BCUT2D eigenvalue weighted by Crippen LogP contribution is -2.48. The SMILES string of the molecule is COc1ccc2c(c1)CCOC21CCN(C(=O)c2nc(-c3ccccc3)[nH]c2C)CC1. The summed E-state index contributed by atoms with van der Waals surface area (Å²) in [5, 5.41) is 0. The molecular weight excluding hydrogens is 390 g/mol. The van der Waals surface area contributed by atoms with Crippen molar-refractivity contribution in [1.82, 2.24) is 14.9 Å². The van der Waals surface area contributed by atoms with E-state index in [2.05, 4.69) is 22.1 Å². The van der Waals surface area contributed by atoms with E-state index in [1.807, 2.05) is 48.2 Å². The van der Waals surface area contributed by atoms with Crippen molar-refractivity contribution in [1.29, 1.82) is 0 Å². The van der Waals surface area contributed by atoms with Crippen molar-refractivity contribution < 1.29 is 14.3 Å². The number of nitrogens with one attached hydrogen (secondary N) is 1. The highest BCUT2D eigenvalue weighted by Crippen LogP contribution is 2.42. The van der Waals surface area contributed by atoms with E-state index in [0.717, 1.165) is 42.1 Å². The van der Waals surface area contributed by atoms with Gasteiger partial charge in [0, 0.05) is 24.3 Å². The Bertz CT molecular complexity index is 1100. The molecule has 0 aliphatic carbocycles. The predicted molar refractivity (Wildman–Crippen MR) is 118 cm³/mol. The first-order valence-electron chi connectivity index (χ1n) is 10.8. The zero-order chi connectivity index (χ0) is 21.4. The van der Waals surface area contributed by atoms with Gasteiger partial charge in [-0.2, -0.15) is 0 Å². The summed E-state index contributed by atoms with van der Waals surface area (Å²) in [6.07, 6.45) is 2.46. The second kappa shape index (κ2) is 7.85. The second-order valence-corrected chi connectivity index (χ2v) is 8.33. The highest BCUT2D eigenvalue weighted by atomic mass is 16.5. The van der Waals surface area contributed by atoms with Crippen molar-refractivity contribution in [2.45, 2.75) is 31.8 Å². The summed E-state index contributed by atoms with van der Waals surface area (Å²) in [5.41, 5.74) is 4.51. The van der Waals surface area contributed by atoms with Gasteiger partial charge in [-0.15, -0.1) is 0 Å². The molecule has 0 bridgehead atoms. The summed E-state index contributed by atoms with van der Waals surface area (Å²) >= 11 is 0. The number of imidazole rings is 1. The number of nitrogens with zero attached hydrogens (tertiary/aromatic N) is 2. The Morgan fingerprint density at radius 3 is 2.68 bits per heavy atom. The number of aromatic nitrogens is 2. The minimum atomic E-state index is -0.313. The molecular formula is C25H27N3O3. The molecule has 31 heavy (non-hydrogen) atoms. The molecule has 1 amide bonds. The normalized spacial score (nSPS) is 17.4. The van der Waals surface area contributed by atoms with Gasteiger partial charge in [-0.25, -0.2) is 4.98 Å². The van der Waals surface area contributed by atoms with Gasteiger partial charge in [0.15, 0.2) is 0 Å². The first-order valence-corrected chi connectivity index (χ1v) is 10.8. The van der Waals surface area contributed by atoms with E-state index in [-0.39, 0.29) is 11.5 Å². The van der Waals surface area contributed by atoms with Crippen molar-refractivity contribution in [3.63, 3.8) is 0 Å². The highest BCUT2D eigenvalue weighted by molar-refractivity contribution is 5.94. The zero-order valence-electron chi connectivity index (χ0n) is 18.0. The molecule has 3 aromatic rings. The summed E-state index contributed by atoms with van der Waals surface area (Å²) in [6.45, 7) is 3.91. The molecule has 0 saturated carbocycles. The maximum Gasteiger partial charge on any atom is 0.274 e. The number of aromatic amines is 1. The number of carbonyl (C=O) groups excluding carboxylic acids is 1. The van der Waals surface area contributed by atoms with E-state index in [4.69, 9.17) is 9.47 Å². The number of likely N-dealkylation sites (tertiary alicyclic amines) is 1. The third kappa shape index (κ3) is 3.51. The number of benzene rings is 2. The van der Waals surface area contributed by atoms with Crippen LogP contribution in [0.5, 0.6) is 5.75 Å². The fourth-order valence-electron chi connectivity index (χ4n) is 4.82. The number of piperidine rings is 1. The second-order valence-electron chi connectivity index (χ2n) is 8.33. The van der Waals surface area contributed by atoms with Gasteiger partial charge in [-0.3, -0.25) is 4.79 Å². The van der Waals surface area contributed by atoms with Crippen molar-refractivity contribution >= 4 is 5.91 Å². The molecule has 0 unspecified atom stereocenters. The summed E-state index contributed by atoms with van der Waals surface area (Å²) in [5.74, 6) is 1.59. The van der Waals surface area contributed by atoms with Gasteiger partial charge in [0.1, 0.15) is 17.3 Å². The largest absolute Gasteiger partial charge is 0.497 e. The van der Waals surface area contributed by atoms with Crippen LogP contribution in [-0.2, 0) is 16.8 Å². The van der Waals surface area contributed by atoms with Crippen molar-refractivity contribution in [2.75, 3.05) is 26.8 Å². The van der Waals surface area contributed by atoms with E-state index in [1.54, 1.807) is 7.11 Å². The number of rotatable bonds is 3. The van der Waals surface area contributed by atoms with Crippen LogP contribution < -0.4 is 4.74 Å². The smallest absolute Gasteiger partial charge is 0.274 e. The van der Waals surface area contributed by atoms with Crippen LogP contribution in [0.1, 0.15) is 40.2 Å². The first-order chi connectivity index (χ1) is 15.1. The molecule has 1 aromatic heterocycles. The zero-order valence-corrected chi connectivity index (χ0v) is 18.0. The Morgan fingerprint density at radius 2 is 1.94 bits per heavy atom. The van der Waals surface area contributed by atoms with Crippen LogP contribution in [0.4, 0.5) is 0 Å². The van der Waals surface area contributed by atoms with Crippen LogP contribution in [0.25, 0.3) is 11.4 Å². The molecule has 1 saturated heterocycles. The van der Waals surface area contributed by atoms with Crippen LogP contribution in [-0.4, -0.2) is 47.6 Å². The maximum atomic E-state index is 13.3. The molecule has 3 heterocycles. The molecule has 0 radical (unpaired) electrons. The van der Waals surface area contributed by atoms with Crippen LogP contribution in [0.2, 0.25) is 0 Å². The molecule has 160 valence electrons. The molecule has 0 atom stereocenters. The lowest BCUT2D eigenvalue weighted by Gasteiger charge is -2.45. The van der Waals surface area contributed by atoms with E-state index in [9.17, 15) is 4.79 Å². The first kappa shape index (κ1) is 19.8. The van der Waals surface area contributed by atoms with Gasteiger partial charge in [-0.05, 0) is 49.4 Å². The van der Waals surface area contributed by atoms with Gasteiger partial charge in [0.25, 0.3) is 5.91 Å². The Balaban J connectivity index is 1.34. The number of aryl methyl sites for hydroxylation is 1. The lowest BCUT2D eigenvalue weighted by atomic mass is 9.79. The van der Waals surface area contributed by atoms with E-state index in [0.29, 0.717) is 25.4 Å². The number of hydrogen-bond acceptors (Lipinski definition) is 4. The third-order valence-corrected chi connectivity index (χ3v) is 6.55. The van der Waals surface area contributed by atoms with Crippen LogP contribution >= 0.6 is 0 Å². The minimum Gasteiger partial charge on any atom is -0.497 e. The van der Waals surface area contributed by atoms with Crippen LogP contribution in [0.15, 0.2) is 48.5 Å². The van der Waals surface area contributed by atoms with Gasteiger partial charge < -0.3 is 19.4 Å². The molecule has 6 nitrogen and oxygen atoms in total. The minimum absolute atomic E-state index is 0.0171. The number of H-pyrrole nitrogens is 1. The fourth-order valence-corrected chi connectivity index (χ4v) is 4.82. The van der Waals surface area contributed by atoms with Gasteiger partial charge in [0.05, 0.1) is 19.3 Å². The average Bonchev–Trinajstić information content (AvgIpc) is 3.21. The van der Waals surface area contributed by atoms with Gasteiger partial charge >= 0.3 is 0 Å². The molecule has 1 fully saturated rings. The maximum absolute atomic E-state index is 13.3. The Morgan fingerprint density at radius 1 is 1.16 bits per heavy atom. The van der Waals surface area contributed by atoms with Crippen molar-refractivity contribution in [3.8, 4) is 17.1 Å². The van der Waals surface area contributed by atoms with E-state index < -0.39 is 0 Å². The number of hydrogen-bond donors (Lipinski definition) is 1. The number of carbonyl (C=O) groups is 1. The Labute approximate surface area is 182 Å². The molecule has 5 rings (SSSR count). The summed E-state index contributed by atoms with van der Waals surface area (Å²) in [6, 6.07) is 16.1. The van der Waals surface area contributed by atoms with Crippen LogP contribution in [0, 0.1) is 6.92 Å². The van der Waals surface area contributed by atoms with Crippen molar-refractivity contribution in [3.05, 3.63) is 71.0 Å². The average molecular weight is 418 g/mol. The lowest BCUT2D eigenvalue weighted by molar-refractivity contribution is -0.0935.